The van der Waals surface area contributed by atoms with Crippen LogP contribution >= 0.6 is 0 Å². The van der Waals surface area contributed by atoms with Gasteiger partial charge in [0.05, 0.1) is 18.1 Å². The summed E-state index contributed by atoms with van der Waals surface area (Å²) < 4.78 is 36.7. The fourth-order valence-corrected chi connectivity index (χ4v) is 2.93. The van der Waals surface area contributed by atoms with Crippen molar-refractivity contribution in [2.24, 2.45) is 0 Å². The quantitative estimate of drug-likeness (QED) is 0.809. The van der Waals surface area contributed by atoms with Gasteiger partial charge in [-0.2, -0.15) is 0 Å². The normalized spacial score (nSPS) is 14.9. The lowest BCUT2D eigenvalue weighted by molar-refractivity contribution is 0.204. The minimum Gasteiger partial charge on any atom is -0.493 e. The number of nitrogens with one attached hydrogen (secondary N) is 1. The molecule has 0 amide bonds. The van der Waals surface area contributed by atoms with Gasteiger partial charge >= 0.3 is 0 Å². The van der Waals surface area contributed by atoms with Gasteiger partial charge in [0, 0.05) is 13.7 Å². The van der Waals surface area contributed by atoms with Gasteiger partial charge in [-0.15, -0.1) is 0 Å². The molecule has 0 spiro atoms. The molecule has 1 aromatic rings. The molecular formula is C12H17NO4S. The second-order valence-electron chi connectivity index (χ2n) is 4.11. The first kappa shape index (κ1) is 13.3. The van der Waals surface area contributed by atoms with E-state index in [-0.39, 0.29) is 11.4 Å². The summed E-state index contributed by atoms with van der Waals surface area (Å²) in [5.74, 6) is 0.789. The average Bonchev–Trinajstić information content (AvgIpc) is 2.38. The molecule has 0 atom stereocenters. The number of fused-ring (bicyclic) bond motifs is 1. The third kappa shape index (κ3) is 3.01. The smallest absolute Gasteiger partial charge is 0.240 e. The lowest BCUT2D eigenvalue weighted by atomic mass is 10.1. The molecule has 100 valence electrons. The van der Waals surface area contributed by atoms with E-state index in [1.165, 1.54) is 7.11 Å². The summed E-state index contributed by atoms with van der Waals surface area (Å²) in [7, 11) is -1.92. The van der Waals surface area contributed by atoms with Crippen molar-refractivity contribution in [3.05, 3.63) is 23.8 Å². The Balaban J connectivity index is 2.17. The molecule has 0 bridgehead atoms. The number of hydrogen-bond acceptors (Lipinski definition) is 4. The number of hydrogen-bond donors (Lipinski definition) is 1. The van der Waals surface area contributed by atoms with Crippen LogP contribution in [-0.2, 0) is 21.2 Å². The number of benzene rings is 1. The van der Waals surface area contributed by atoms with Gasteiger partial charge in [0.25, 0.3) is 0 Å². The molecule has 1 aliphatic rings. The zero-order valence-corrected chi connectivity index (χ0v) is 11.1. The molecule has 0 aromatic heterocycles. The molecule has 0 fully saturated rings. The molecule has 1 heterocycles. The molecule has 1 N–H and O–H groups in total. The van der Waals surface area contributed by atoms with Crippen LogP contribution in [0.5, 0.6) is 5.75 Å². The van der Waals surface area contributed by atoms with Crippen LogP contribution in [0.2, 0.25) is 0 Å². The Hall–Kier alpha value is -1.11. The predicted molar refractivity (Wildman–Crippen MR) is 67.3 cm³/mol. The lowest BCUT2D eigenvalue weighted by Gasteiger charge is -2.18. The summed E-state index contributed by atoms with van der Waals surface area (Å²) in [4.78, 5) is 0.280. The van der Waals surface area contributed by atoms with Gasteiger partial charge in [0.1, 0.15) is 5.75 Å². The van der Waals surface area contributed by atoms with Gasteiger partial charge in [-0.25, -0.2) is 13.1 Å². The van der Waals surface area contributed by atoms with Gasteiger partial charge in [0.15, 0.2) is 0 Å². The highest BCUT2D eigenvalue weighted by Crippen LogP contribution is 2.27. The maximum absolute atomic E-state index is 12.0. The molecule has 18 heavy (non-hydrogen) atoms. The number of sulfonamides is 1. The Bertz CT molecular complexity index is 513. The molecule has 0 unspecified atom stereocenters. The lowest BCUT2D eigenvalue weighted by Crippen LogP contribution is -2.27. The second-order valence-corrected chi connectivity index (χ2v) is 5.88. The van der Waals surface area contributed by atoms with Crippen LogP contribution in [-0.4, -0.2) is 35.3 Å². The largest absolute Gasteiger partial charge is 0.493 e. The van der Waals surface area contributed by atoms with Crippen molar-refractivity contribution in [3.8, 4) is 5.75 Å². The minimum absolute atomic E-state index is 0.270. The number of ether oxygens (including phenoxy) is 2. The Kier molecular flexibility index (Phi) is 4.21. The van der Waals surface area contributed by atoms with Crippen molar-refractivity contribution in [1.82, 2.24) is 4.72 Å². The first-order valence-electron chi connectivity index (χ1n) is 5.88. The monoisotopic (exact) mass is 271 g/mol. The molecule has 1 aliphatic heterocycles. The molecule has 6 heteroatoms. The van der Waals surface area contributed by atoms with E-state index in [0.717, 1.165) is 24.2 Å². The van der Waals surface area contributed by atoms with Gasteiger partial charge in [-0.05, 0) is 36.6 Å². The zero-order valence-electron chi connectivity index (χ0n) is 10.3. The standard InChI is InChI=1S/C12H17NO4S/c1-16-8-6-13-18(14,15)11-4-5-12-10(9-11)3-2-7-17-12/h4-5,9,13H,2-3,6-8H2,1H3. The maximum atomic E-state index is 12.0. The third-order valence-electron chi connectivity index (χ3n) is 2.79. The summed E-state index contributed by atoms with van der Waals surface area (Å²) in [5, 5.41) is 0. The van der Waals surface area contributed by atoms with Gasteiger partial charge < -0.3 is 9.47 Å². The van der Waals surface area contributed by atoms with Gasteiger partial charge in [-0.1, -0.05) is 0 Å². The highest BCUT2D eigenvalue weighted by Gasteiger charge is 2.17. The topological polar surface area (TPSA) is 64.6 Å². The summed E-state index contributed by atoms with van der Waals surface area (Å²) in [5.41, 5.74) is 0.955. The van der Waals surface area contributed by atoms with Crippen LogP contribution in [0, 0.1) is 0 Å². The van der Waals surface area contributed by atoms with E-state index in [1.54, 1.807) is 18.2 Å². The van der Waals surface area contributed by atoms with Crippen LogP contribution in [0.4, 0.5) is 0 Å². The Morgan fingerprint density at radius 2 is 2.28 bits per heavy atom. The highest BCUT2D eigenvalue weighted by molar-refractivity contribution is 7.89. The summed E-state index contributed by atoms with van der Waals surface area (Å²) in [6.45, 7) is 1.32. The van der Waals surface area contributed by atoms with Crippen LogP contribution in [0.15, 0.2) is 23.1 Å². The van der Waals surface area contributed by atoms with Crippen molar-refractivity contribution < 1.29 is 17.9 Å². The van der Waals surface area contributed by atoms with Gasteiger partial charge in [0.2, 0.25) is 10.0 Å². The average molecular weight is 271 g/mol. The molecular weight excluding hydrogens is 254 g/mol. The van der Waals surface area contributed by atoms with Crippen LogP contribution in [0.3, 0.4) is 0 Å². The Labute approximate surface area is 107 Å². The van der Waals surface area contributed by atoms with E-state index < -0.39 is 10.0 Å². The van der Waals surface area contributed by atoms with Crippen LogP contribution in [0.1, 0.15) is 12.0 Å². The third-order valence-corrected chi connectivity index (χ3v) is 4.25. The van der Waals surface area contributed by atoms with E-state index in [0.29, 0.717) is 13.2 Å². The number of methoxy groups -OCH3 is 1. The molecule has 1 aromatic carbocycles. The SMILES string of the molecule is COCCNS(=O)(=O)c1ccc2c(c1)CCCO2. The number of aryl methyl sites for hydroxylation is 1. The van der Waals surface area contributed by atoms with E-state index in [9.17, 15) is 8.42 Å². The molecule has 5 nitrogen and oxygen atoms in total. The molecule has 2 rings (SSSR count). The fourth-order valence-electron chi connectivity index (χ4n) is 1.87. The molecule has 0 saturated carbocycles. The summed E-state index contributed by atoms with van der Waals surface area (Å²) in [6.07, 6.45) is 1.78. The predicted octanol–water partition coefficient (Wildman–Crippen LogP) is 0.936. The van der Waals surface area contributed by atoms with E-state index in [1.807, 2.05) is 0 Å². The molecule has 0 aliphatic carbocycles. The second kappa shape index (κ2) is 5.69. The fraction of sp³-hybridized carbons (Fsp3) is 0.500. The maximum Gasteiger partial charge on any atom is 0.240 e. The van der Waals surface area contributed by atoms with E-state index >= 15 is 0 Å². The molecule has 0 saturated heterocycles. The van der Waals surface area contributed by atoms with E-state index in [2.05, 4.69) is 4.72 Å². The Morgan fingerprint density at radius 1 is 1.44 bits per heavy atom. The van der Waals surface area contributed by atoms with Crippen LogP contribution in [0.25, 0.3) is 0 Å². The summed E-state index contributed by atoms with van der Waals surface area (Å²) in [6, 6.07) is 4.97. The van der Waals surface area contributed by atoms with Crippen molar-refractivity contribution in [2.45, 2.75) is 17.7 Å². The molecule has 0 radical (unpaired) electrons. The van der Waals surface area contributed by atoms with Crippen molar-refractivity contribution in [2.75, 3.05) is 26.9 Å². The van der Waals surface area contributed by atoms with Crippen molar-refractivity contribution in [3.63, 3.8) is 0 Å². The Morgan fingerprint density at radius 3 is 3.06 bits per heavy atom. The number of rotatable bonds is 5. The summed E-state index contributed by atoms with van der Waals surface area (Å²) >= 11 is 0. The first-order valence-corrected chi connectivity index (χ1v) is 7.36. The van der Waals surface area contributed by atoms with Crippen LogP contribution < -0.4 is 9.46 Å². The zero-order chi connectivity index (χ0) is 13.0. The first-order chi connectivity index (χ1) is 8.63. The van der Waals surface area contributed by atoms with Crippen molar-refractivity contribution in [1.29, 1.82) is 0 Å². The highest BCUT2D eigenvalue weighted by atomic mass is 32.2. The minimum atomic E-state index is -3.45. The van der Waals surface area contributed by atoms with Gasteiger partial charge in [-0.3, -0.25) is 0 Å². The van der Waals surface area contributed by atoms with E-state index in [4.69, 9.17) is 9.47 Å². The van der Waals surface area contributed by atoms with Crippen molar-refractivity contribution >= 4 is 10.0 Å².